The third kappa shape index (κ3) is 4.01. The molecule has 1 amide bonds. The van der Waals surface area contributed by atoms with Crippen LogP contribution in [0.1, 0.15) is 18.4 Å². The van der Waals surface area contributed by atoms with E-state index in [-0.39, 0.29) is 19.0 Å². The van der Waals surface area contributed by atoms with Gasteiger partial charge in [0.05, 0.1) is 12.8 Å². The van der Waals surface area contributed by atoms with Gasteiger partial charge in [0, 0.05) is 32.0 Å². The predicted molar refractivity (Wildman–Crippen MR) is 75.3 cm³/mol. The first kappa shape index (κ1) is 14.9. The molecule has 0 unspecified atom stereocenters. The van der Waals surface area contributed by atoms with Gasteiger partial charge in [-0.25, -0.2) is 8.42 Å². The monoisotopic (exact) mass is 297 g/mol. The first-order valence-corrected chi connectivity index (χ1v) is 8.43. The number of likely N-dealkylation sites (tertiary alicyclic amines) is 1. The van der Waals surface area contributed by atoms with E-state index in [1.54, 1.807) is 29.4 Å². The van der Waals surface area contributed by atoms with E-state index in [0.717, 1.165) is 37.8 Å². The molecular formula is C13H19N3O3S. The molecule has 7 heteroatoms. The smallest absolute Gasteiger partial charge is 0.237 e. The third-order valence-corrected chi connectivity index (χ3v) is 4.52. The number of hydrogen-bond donors (Lipinski definition) is 0. The maximum absolute atomic E-state index is 12.1. The fraction of sp³-hybridized carbons (Fsp3) is 0.538. The number of aromatic nitrogens is 1. The summed E-state index contributed by atoms with van der Waals surface area (Å²) in [5, 5.41) is 0. The van der Waals surface area contributed by atoms with Crippen molar-refractivity contribution in [1.82, 2.24) is 14.2 Å². The van der Waals surface area contributed by atoms with Gasteiger partial charge in [-0.2, -0.15) is 4.31 Å². The van der Waals surface area contributed by atoms with Gasteiger partial charge in [0.2, 0.25) is 15.9 Å². The minimum Gasteiger partial charge on any atom is -0.342 e. The fourth-order valence-corrected chi connectivity index (χ4v) is 2.93. The summed E-state index contributed by atoms with van der Waals surface area (Å²) in [6.45, 7) is 1.52. The van der Waals surface area contributed by atoms with Gasteiger partial charge in [-0.15, -0.1) is 0 Å². The van der Waals surface area contributed by atoms with Crippen LogP contribution in [0.15, 0.2) is 24.5 Å². The summed E-state index contributed by atoms with van der Waals surface area (Å²) in [6, 6.07) is 3.55. The lowest BCUT2D eigenvalue weighted by Crippen LogP contribution is -2.41. The summed E-state index contributed by atoms with van der Waals surface area (Å²) in [4.78, 5) is 17.8. The molecule has 110 valence electrons. The molecule has 20 heavy (non-hydrogen) atoms. The van der Waals surface area contributed by atoms with Crippen LogP contribution >= 0.6 is 0 Å². The van der Waals surface area contributed by atoms with E-state index in [1.807, 2.05) is 0 Å². The van der Waals surface area contributed by atoms with Crippen LogP contribution in [0.25, 0.3) is 0 Å². The van der Waals surface area contributed by atoms with Crippen molar-refractivity contribution in [2.75, 3.05) is 25.9 Å². The van der Waals surface area contributed by atoms with E-state index in [4.69, 9.17) is 0 Å². The molecule has 0 aromatic carbocycles. The van der Waals surface area contributed by atoms with Gasteiger partial charge in [0.25, 0.3) is 0 Å². The van der Waals surface area contributed by atoms with Crippen molar-refractivity contribution >= 4 is 15.9 Å². The highest BCUT2D eigenvalue weighted by Crippen LogP contribution is 2.11. The molecule has 0 atom stereocenters. The van der Waals surface area contributed by atoms with Gasteiger partial charge in [0.1, 0.15) is 0 Å². The largest absolute Gasteiger partial charge is 0.342 e. The Morgan fingerprint density at radius 1 is 1.40 bits per heavy atom. The number of hydrogen-bond acceptors (Lipinski definition) is 4. The zero-order valence-electron chi connectivity index (χ0n) is 11.5. The molecule has 2 heterocycles. The Morgan fingerprint density at radius 2 is 2.10 bits per heavy atom. The Labute approximate surface area is 119 Å². The summed E-state index contributed by atoms with van der Waals surface area (Å²) in [5.74, 6) is -0.128. The quantitative estimate of drug-likeness (QED) is 0.792. The lowest BCUT2D eigenvalue weighted by molar-refractivity contribution is -0.130. The average Bonchev–Trinajstić information content (AvgIpc) is 2.92. The van der Waals surface area contributed by atoms with Crippen LogP contribution in [-0.4, -0.2) is 54.4 Å². The Bertz CT molecular complexity index is 553. The molecule has 0 bridgehead atoms. The zero-order chi connectivity index (χ0) is 14.6. The number of pyridine rings is 1. The van der Waals surface area contributed by atoms with Crippen LogP contribution < -0.4 is 0 Å². The summed E-state index contributed by atoms with van der Waals surface area (Å²) >= 11 is 0. The van der Waals surface area contributed by atoms with Crippen molar-refractivity contribution in [3.05, 3.63) is 30.1 Å². The van der Waals surface area contributed by atoms with Crippen molar-refractivity contribution < 1.29 is 13.2 Å². The number of rotatable bonds is 5. The Kier molecular flexibility index (Phi) is 4.72. The molecule has 1 aromatic rings. The number of carbonyl (C=O) groups excluding carboxylic acids is 1. The molecule has 2 rings (SSSR count). The summed E-state index contributed by atoms with van der Waals surface area (Å²) in [5.41, 5.74) is 0.771. The molecule has 1 saturated heterocycles. The maximum Gasteiger partial charge on any atom is 0.237 e. The van der Waals surface area contributed by atoms with Crippen LogP contribution in [0, 0.1) is 0 Å². The molecule has 1 aliphatic rings. The van der Waals surface area contributed by atoms with Gasteiger partial charge >= 0.3 is 0 Å². The number of nitrogens with zero attached hydrogens (tertiary/aromatic N) is 3. The average molecular weight is 297 g/mol. The highest BCUT2D eigenvalue weighted by Gasteiger charge is 2.25. The highest BCUT2D eigenvalue weighted by molar-refractivity contribution is 7.88. The molecule has 6 nitrogen and oxygen atoms in total. The standard InChI is InChI=1S/C13H19N3O3S/c1-20(18,19)16(10-12-5-4-6-14-9-12)11-13(17)15-7-2-3-8-15/h4-6,9H,2-3,7-8,10-11H2,1H3. The molecular weight excluding hydrogens is 278 g/mol. The van der Waals surface area contributed by atoms with Gasteiger partial charge in [-0.1, -0.05) is 6.07 Å². The number of amides is 1. The van der Waals surface area contributed by atoms with E-state index in [2.05, 4.69) is 4.98 Å². The van der Waals surface area contributed by atoms with Crippen molar-refractivity contribution in [2.45, 2.75) is 19.4 Å². The second-order valence-corrected chi connectivity index (χ2v) is 6.96. The second-order valence-electron chi connectivity index (χ2n) is 4.98. The van der Waals surface area contributed by atoms with Gasteiger partial charge in [0.15, 0.2) is 0 Å². The summed E-state index contributed by atoms with van der Waals surface area (Å²) in [7, 11) is -3.43. The molecule has 1 aromatic heterocycles. The fourth-order valence-electron chi connectivity index (χ4n) is 2.20. The van der Waals surface area contributed by atoms with Crippen molar-refractivity contribution in [3.8, 4) is 0 Å². The molecule has 0 saturated carbocycles. The van der Waals surface area contributed by atoms with Gasteiger partial charge in [-0.05, 0) is 24.5 Å². The van der Waals surface area contributed by atoms with E-state index in [0.29, 0.717) is 0 Å². The lowest BCUT2D eigenvalue weighted by atomic mass is 10.3. The minimum absolute atomic E-state index is 0.103. The maximum atomic E-state index is 12.1. The normalized spacial score (nSPS) is 15.8. The van der Waals surface area contributed by atoms with Crippen molar-refractivity contribution in [3.63, 3.8) is 0 Å². The van der Waals surface area contributed by atoms with E-state index in [1.165, 1.54) is 4.31 Å². The highest BCUT2D eigenvalue weighted by atomic mass is 32.2. The first-order chi connectivity index (χ1) is 9.47. The van der Waals surface area contributed by atoms with Crippen LogP contribution in [0.2, 0.25) is 0 Å². The molecule has 0 radical (unpaired) electrons. The van der Waals surface area contributed by atoms with E-state index in [9.17, 15) is 13.2 Å². The number of carbonyl (C=O) groups is 1. The molecule has 0 N–H and O–H groups in total. The SMILES string of the molecule is CS(=O)(=O)N(CC(=O)N1CCCC1)Cc1cccnc1. The molecule has 1 fully saturated rings. The molecule has 1 aliphatic heterocycles. The van der Waals surface area contributed by atoms with Crippen LogP contribution in [-0.2, 0) is 21.4 Å². The van der Waals surface area contributed by atoms with Gasteiger partial charge < -0.3 is 4.90 Å². The lowest BCUT2D eigenvalue weighted by Gasteiger charge is -2.23. The van der Waals surface area contributed by atoms with Crippen molar-refractivity contribution in [1.29, 1.82) is 0 Å². The number of sulfonamides is 1. The van der Waals surface area contributed by atoms with Crippen LogP contribution in [0.4, 0.5) is 0 Å². The van der Waals surface area contributed by atoms with Gasteiger partial charge in [-0.3, -0.25) is 9.78 Å². The minimum atomic E-state index is -3.43. The van der Waals surface area contributed by atoms with E-state index < -0.39 is 10.0 Å². The van der Waals surface area contributed by atoms with Crippen molar-refractivity contribution in [2.24, 2.45) is 0 Å². The van der Waals surface area contributed by atoms with Crippen LogP contribution in [0.5, 0.6) is 0 Å². The van der Waals surface area contributed by atoms with Crippen LogP contribution in [0.3, 0.4) is 0 Å². The first-order valence-electron chi connectivity index (χ1n) is 6.58. The topological polar surface area (TPSA) is 70.6 Å². The summed E-state index contributed by atoms with van der Waals surface area (Å²) < 4.78 is 24.8. The van der Waals surface area contributed by atoms with E-state index >= 15 is 0 Å². The predicted octanol–water partition coefficient (Wildman–Crippen LogP) is 0.466. The third-order valence-electron chi connectivity index (χ3n) is 3.32. The Morgan fingerprint density at radius 3 is 2.65 bits per heavy atom. The zero-order valence-corrected chi connectivity index (χ0v) is 12.3. The Hall–Kier alpha value is -1.47. The molecule has 0 aliphatic carbocycles. The molecule has 0 spiro atoms. The second kappa shape index (κ2) is 6.32. The Balaban J connectivity index is 2.06. The summed E-state index contributed by atoms with van der Waals surface area (Å²) in [6.07, 6.45) is 6.35.